The third kappa shape index (κ3) is 5.79. The average molecular weight is 375 g/mol. The van der Waals surface area contributed by atoms with E-state index in [4.69, 9.17) is 4.74 Å². The molecule has 27 heavy (non-hydrogen) atoms. The van der Waals surface area contributed by atoms with Crippen molar-refractivity contribution in [3.63, 3.8) is 0 Å². The van der Waals surface area contributed by atoms with E-state index in [1.807, 2.05) is 24.6 Å². The van der Waals surface area contributed by atoms with Gasteiger partial charge in [-0.15, -0.1) is 0 Å². The van der Waals surface area contributed by atoms with Gasteiger partial charge in [0.05, 0.1) is 18.8 Å². The lowest BCUT2D eigenvalue weighted by Gasteiger charge is -2.13. The Morgan fingerprint density at radius 2 is 2.04 bits per heavy atom. The smallest absolute Gasteiger partial charge is 0.191 e. The van der Waals surface area contributed by atoms with Crippen LogP contribution in [0.3, 0.4) is 0 Å². The second-order valence-electron chi connectivity index (χ2n) is 6.54. The molecule has 0 spiro atoms. The monoisotopic (exact) mass is 375 g/mol. The van der Waals surface area contributed by atoms with Gasteiger partial charge in [0, 0.05) is 38.5 Å². The Balaban J connectivity index is 1.88. The van der Waals surface area contributed by atoms with Crippen LogP contribution in [0.15, 0.2) is 23.2 Å². The maximum Gasteiger partial charge on any atom is 0.191 e. The lowest BCUT2D eigenvalue weighted by Crippen LogP contribution is -2.38. The number of hydrogen-bond acceptors (Lipinski definition) is 3. The Labute approximate surface area is 160 Å². The number of halogens is 1. The lowest BCUT2D eigenvalue weighted by atomic mass is 10.1. The van der Waals surface area contributed by atoms with E-state index in [9.17, 15) is 4.39 Å². The summed E-state index contributed by atoms with van der Waals surface area (Å²) in [5.74, 6) is 0.539. The molecule has 0 radical (unpaired) electrons. The number of aliphatic imine (C=N–C) groups is 1. The van der Waals surface area contributed by atoms with Crippen LogP contribution in [0.2, 0.25) is 0 Å². The predicted molar refractivity (Wildman–Crippen MR) is 107 cm³/mol. The summed E-state index contributed by atoms with van der Waals surface area (Å²) < 4.78 is 20.3. The molecule has 1 aromatic carbocycles. The summed E-state index contributed by atoms with van der Waals surface area (Å²) in [6.07, 6.45) is 0.805. The topological polar surface area (TPSA) is 63.5 Å². The predicted octanol–water partition coefficient (Wildman–Crippen LogP) is 2.50. The Morgan fingerprint density at radius 3 is 2.70 bits per heavy atom. The quantitative estimate of drug-likeness (QED) is 0.550. The standard InChI is InChI=1S/C20H30FN5O/c1-14-12-18(21)7-6-17(14)8-9-23-20(22-4)24-13-19-15(2)25-26(16(19)3)10-11-27-5/h6-7,12H,8-11,13H2,1-5H3,(H2,22,23,24). The molecule has 7 heteroatoms. The van der Waals surface area contributed by atoms with Gasteiger partial charge >= 0.3 is 0 Å². The highest BCUT2D eigenvalue weighted by molar-refractivity contribution is 5.79. The van der Waals surface area contributed by atoms with E-state index >= 15 is 0 Å². The number of methoxy groups -OCH3 is 1. The van der Waals surface area contributed by atoms with Crippen molar-refractivity contribution in [1.82, 2.24) is 20.4 Å². The van der Waals surface area contributed by atoms with E-state index in [2.05, 4.69) is 27.6 Å². The molecule has 1 heterocycles. The van der Waals surface area contributed by atoms with Crippen LogP contribution >= 0.6 is 0 Å². The zero-order valence-corrected chi connectivity index (χ0v) is 16.9. The van der Waals surface area contributed by atoms with Crippen LogP contribution in [0, 0.1) is 26.6 Å². The third-order valence-electron chi connectivity index (χ3n) is 4.69. The van der Waals surface area contributed by atoms with E-state index in [-0.39, 0.29) is 5.82 Å². The molecule has 148 valence electrons. The minimum absolute atomic E-state index is 0.196. The molecule has 2 N–H and O–H groups in total. The molecule has 0 bridgehead atoms. The highest BCUT2D eigenvalue weighted by atomic mass is 19.1. The van der Waals surface area contributed by atoms with Gasteiger partial charge in [-0.1, -0.05) is 6.07 Å². The van der Waals surface area contributed by atoms with Gasteiger partial charge in [-0.25, -0.2) is 4.39 Å². The first-order valence-corrected chi connectivity index (χ1v) is 9.17. The molecule has 6 nitrogen and oxygen atoms in total. The number of rotatable bonds is 8. The van der Waals surface area contributed by atoms with Crippen LogP contribution in [0.4, 0.5) is 4.39 Å². The molecule has 0 fully saturated rings. The fraction of sp³-hybridized carbons (Fsp3) is 0.500. The van der Waals surface area contributed by atoms with Gasteiger partial charge in [-0.2, -0.15) is 5.10 Å². The molecule has 0 saturated carbocycles. The van der Waals surface area contributed by atoms with Gasteiger partial charge in [-0.05, 0) is 50.5 Å². The molecule has 0 aliphatic carbocycles. The van der Waals surface area contributed by atoms with Gasteiger partial charge < -0.3 is 15.4 Å². The van der Waals surface area contributed by atoms with Crippen molar-refractivity contribution in [2.75, 3.05) is 27.3 Å². The summed E-state index contributed by atoms with van der Waals surface area (Å²) >= 11 is 0. The van der Waals surface area contributed by atoms with Crippen molar-refractivity contribution in [2.45, 2.75) is 40.3 Å². The van der Waals surface area contributed by atoms with Gasteiger partial charge in [-0.3, -0.25) is 9.67 Å². The Morgan fingerprint density at radius 1 is 1.26 bits per heavy atom. The third-order valence-corrected chi connectivity index (χ3v) is 4.69. The minimum atomic E-state index is -0.196. The van der Waals surface area contributed by atoms with Crippen molar-refractivity contribution >= 4 is 5.96 Å². The van der Waals surface area contributed by atoms with Crippen LogP contribution < -0.4 is 10.6 Å². The van der Waals surface area contributed by atoms with E-state index < -0.39 is 0 Å². The zero-order chi connectivity index (χ0) is 19.8. The largest absolute Gasteiger partial charge is 0.383 e. The van der Waals surface area contributed by atoms with Crippen LogP contribution in [-0.4, -0.2) is 43.0 Å². The maximum absolute atomic E-state index is 13.2. The zero-order valence-electron chi connectivity index (χ0n) is 16.9. The fourth-order valence-electron chi connectivity index (χ4n) is 3.03. The van der Waals surface area contributed by atoms with Crippen LogP contribution in [0.25, 0.3) is 0 Å². The molecule has 0 saturated heterocycles. The Hall–Kier alpha value is -2.41. The van der Waals surface area contributed by atoms with Gasteiger partial charge in [0.1, 0.15) is 5.82 Å². The molecular formula is C20H30FN5O. The van der Waals surface area contributed by atoms with Gasteiger partial charge in [0.2, 0.25) is 0 Å². The number of ether oxygens (including phenoxy) is 1. The minimum Gasteiger partial charge on any atom is -0.383 e. The molecule has 0 amide bonds. The molecule has 2 rings (SSSR count). The van der Waals surface area contributed by atoms with Crippen LogP contribution in [-0.2, 0) is 24.2 Å². The summed E-state index contributed by atoms with van der Waals surface area (Å²) in [5.41, 5.74) is 5.41. The Kier molecular flexibility index (Phi) is 7.79. The van der Waals surface area contributed by atoms with Crippen molar-refractivity contribution < 1.29 is 9.13 Å². The molecule has 0 aliphatic rings. The summed E-state index contributed by atoms with van der Waals surface area (Å²) in [6.45, 7) is 8.77. The molecule has 2 aromatic rings. The maximum atomic E-state index is 13.2. The molecule has 1 aromatic heterocycles. The SMILES string of the molecule is CN=C(NCCc1ccc(F)cc1C)NCc1c(C)nn(CCOC)c1C. The number of nitrogens with one attached hydrogen (secondary N) is 2. The fourth-order valence-corrected chi connectivity index (χ4v) is 3.03. The van der Waals surface area contributed by atoms with Crippen LogP contribution in [0.5, 0.6) is 0 Å². The first-order chi connectivity index (χ1) is 13.0. The summed E-state index contributed by atoms with van der Waals surface area (Å²) in [7, 11) is 3.44. The normalized spacial score (nSPS) is 11.7. The number of nitrogens with zero attached hydrogens (tertiary/aromatic N) is 3. The summed E-state index contributed by atoms with van der Waals surface area (Å²) in [4.78, 5) is 4.27. The van der Waals surface area contributed by atoms with E-state index in [1.54, 1.807) is 20.2 Å². The van der Waals surface area contributed by atoms with Crippen molar-refractivity contribution in [2.24, 2.45) is 4.99 Å². The number of aromatic nitrogens is 2. The highest BCUT2D eigenvalue weighted by Crippen LogP contribution is 2.13. The van der Waals surface area contributed by atoms with Crippen molar-refractivity contribution in [3.05, 3.63) is 52.1 Å². The highest BCUT2D eigenvalue weighted by Gasteiger charge is 2.12. The average Bonchev–Trinajstić information content (AvgIpc) is 2.91. The molecular weight excluding hydrogens is 345 g/mol. The molecule has 0 aliphatic heterocycles. The summed E-state index contributed by atoms with van der Waals surface area (Å²) in [5, 5.41) is 11.2. The van der Waals surface area contributed by atoms with Crippen molar-refractivity contribution in [1.29, 1.82) is 0 Å². The molecule has 0 unspecified atom stereocenters. The van der Waals surface area contributed by atoms with Crippen LogP contribution in [0.1, 0.15) is 28.1 Å². The number of guanidine groups is 1. The van der Waals surface area contributed by atoms with E-state index in [1.165, 1.54) is 11.6 Å². The first kappa shape index (κ1) is 20.9. The lowest BCUT2D eigenvalue weighted by molar-refractivity contribution is 0.182. The second-order valence-corrected chi connectivity index (χ2v) is 6.54. The number of benzene rings is 1. The van der Waals surface area contributed by atoms with Gasteiger partial charge in [0.15, 0.2) is 5.96 Å². The number of aryl methyl sites for hydroxylation is 2. The first-order valence-electron chi connectivity index (χ1n) is 9.17. The molecule has 0 atom stereocenters. The summed E-state index contributed by atoms with van der Waals surface area (Å²) in [6, 6.07) is 4.90. The van der Waals surface area contributed by atoms with Gasteiger partial charge in [0.25, 0.3) is 0 Å². The second kappa shape index (κ2) is 10.1. The Bertz CT molecular complexity index is 785. The van der Waals surface area contributed by atoms with Crippen molar-refractivity contribution in [3.8, 4) is 0 Å². The van der Waals surface area contributed by atoms with E-state index in [0.717, 1.165) is 48.0 Å². The van der Waals surface area contributed by atoms with E-state index in [0.29, 0.717) is 13.2 Å². The number of hydrogen-bond donors (Lipinski definition) is 2.